The summed E-state index contributed by atoms with van der Waals surface area (Å²) in [5, 5.41) is 0. The Labute approximate surface area is 64.0 Å². The molecule has 0 unspecified atom stereocenters. The van der Waals surface area contributed by atoms with E-state index >= 15 is 0 Å². The van der Waals surface area contributed by atoms with Crippen LogP contribution in [0.15, 0.2) is 22.8 Å². The number of pyridine rings is 1. The first-order chi connectivity index (χ1) is 4.33. The van der Waals surface area contributed by atoms with Crippen LogP contribution in [0.5, 0.6) is 0 Å². The molecular weight excluding hydrogens is 177 g/mol. The molecule has 46 valence electrons. The zero-order chi connectivity index (χ0) is 6.69. The number of aromatic nitrogens is 1. The van der Waals surface area contributed by atoms with Crippen LogP contribution in [0.25, 0.3) is 0 Å². The van der Waals surface area contributed by atoms with Gasteiger partial charge in [0, 0.05) is 16.4 Å². The highest BCUT2D eigenvalue weighted by Gasteiger charge is 1.87. The van der Waals surface area contributed by atoms with E-state index in [0.29, 0.717) is 0 Å². The smallest absolute Gasteiger partial charge is 0.109 e. The predicted molar refractivity (Wildman–Crippen MR) is 44.2 cm³/mol. The van der Waals surface area contributed by atoms with E-state index in [9.17, 15) is 0 Å². The van der Waals surface area contributed by atoms with Gasteiger partial charge in [0.2, 0.25) is 0 Å². The highest BCUT2D eigenvalue weighted by Crippen LogP contribution is 2.06. The molecule has 0 aliphatic carbocycles. The fourth-order valence-electron chi connectivity index (χ4n) is 0.616. The van der Waals surface area contributed by atoms with Gasteiger partial charge in [0.1, 0.15) is 7.85 Å². The van der Waals surface area contributed by atoms with Gasteiger partial charge in [-0.1, -0.05) is 0 Å². The van der Waals surface area contributed by atoms with Crippen LogP contribution in [0.4, 0.5) is 0 Å². The zero-order valence-electron chi connectivity index (χ0n) is 5.26. The van der Waals surface area contributed by atoms with Crippen LogP contribution in [-0.2, 0) is 6.32 Å². The average Bonchev–Trinajstić information content (AvgIpc) is 1.90. The summed E-state index contributed by atoms with van der Waals surface area (Å²) in [6.45, 7) is 0. The SMILES string of the molecule is BCc1ccc(Br)cn1. The zero-order valence-corrected chi connectivity index (χ0v) is 6.85. The second-order valence-electron chi connectivity index (χ2n) is 1.82. The van der Waals surface area contributed by atoms with Crippen LogP contribution in [0.3, 0.4) is 0 Å². The lowest BCUT2D eigenvalue weighted by Crippen LogP contribution is -1.86. The molecule has 0 atom stereocenters. The van der Waals surface area contributed by atoms with Gasteiger partial charge in [-0.05, 0) is 34.4 Å². The molecular formula is C6H7BBrN. The van der Waals surface area contributed by atoms with E-state index in [2.05, 4.69) is 28.8 Å². The third kappa shape index (κ3) is 1.82. The summed E-state index contributed by atoms with van der Waals surface area (Å²) in [5.74, 6) is 0. The van der Waals surface area contributed by atoms with Crippen LogP contribution in [-0.4, -0.2) is 12.8 Å². The van der Waals surface area contributed by atoms with Crippen molar-refractivity contribution >= 4 is 23.8 Å². The summed E-state index contributed by atoms with van der Waals surface area (Å²) in [6.07, 6.45) is 2.83. The third-order valence-corrected chi connectivity index (χ3v) is 1.62. The third-order valence-electron chi connectivity index (χ3n) is 1.15. The summed E-state index contributed by atoms with van der Waals surface area (Å²) in [4.78, 5) is 4.15. The molecule has 0 aliphatic heterocycles. The van der Waals surface area contributed by atoms with Crippen molar-refractivity contribution in [3.8, 4) is 0 Å². The van der Waals surface area contributed by atoms with Crippen molar-refractivity contribution in [2.75, 3.05) is 0 Å². The summed E-state index contributed by atoms with van der Waals surface area (Å²) in [6, 6.07) is 4.02. The maximum absolute atomic E-state index is 4.15. The molecule has 1 heterocycles. The minimum Gasteiger partial charge on any atom is -0.261 e. The molecule has 0 fully saturated rings. The quantitative estimate of drug-likeness (QED) is 0.592. The van der Waals surface area contributed by atoms with Gasteiger partial charge < -0.3 is 0 Å². The largest absolute Gasteiger partial charge is 0.261 e. The topological polar surface area (TPSA) is 12.9 Å². The molecule has 1 nitrogen and oxygen atoms in total. The minimum absolute atomic E-state index is 1.01. The van der Waals surface area contributed by atoms with Crippen LogP contribution in [0.2, 0.25) is 0 Å². The van der Waals surface area contributed by atoms with E-state index in [1.807, 2.05) is 18.3 Å². The Morgan fingerprint density at radius 1 is 1.56 bits per heavy atom. The predicted octanol–water partition coefficient (Wildman–Crippen LogP) is 0.977. The van der Waals surface area contributed by atoms with E-state index < -0.39 is 0 Å². The van der Waals surface area contributed by atoms with Crippen LogP contribution < -0.4 is 0 Å². The van der Waals surface area contributed by atoms with E-state index in [1.165, 1.54) is 0 Å². The Kier molecular flexibility index (Phi) is 2.28. The highest BCUT2D eigenvalue weighted by atomic mass is 79.9. The molecule has 1 aromatic rings. The Balaban J connectivity index is 2.88. The molecule has 0 amide bonds. The van der Waals surface area contributed by atoms with Crippen molar-refractivity contribution in [1.82, 2.24) is 4.98 Å². The van der Waals surface area contributed by atoms with Gasteiger partial charge in [-0.3, -0.25) is 4.98 Å². The second kappa shape index (κ2) is 3.02. The molecule has 3 heteroatoms. The molecule has 0 N–H and O–H groups in total. The highest BCUT2D eigenvalue weighted by molar-refractivity contribution is 9.10. The Bertz CT molecular complexity index is 185. The first kappa shape index (κ1) is 6.81. The molecule has 0 radical (unpaired) electrons. The van der Waals surface area contributed by atoms with E-state index in [1.54, 1.807) is 0 Å². The first-order valence-electron chi connectivity index (χ1n) is 2.93. The summed E-state index contributed by atoms with van der Waals surface area (Å²) in [7, 11) is 2.09. The average molecular weight is 184 g/mol. The first-order valence-corrected chi connectivity index (χ1v) is 3.72. The summed E-state index contributed by atoms with van der Waals surface area (Å²) in [5.41, 5.74) is 1.14. The number of nitrogens with zero attached hydrogens (tertiary/aromatic N) is 1. The van der Waals surface area contributed by atoms with Gasteiger partial charge in [0.25, 0.3) is 0 Å². The van der Waals surface area contributed by atoms with Crippen LogP contribution in [0.1, 0.15) is 5.69 Å². The van der Waals surface area contributed by atoms with Crippen LogP contribution in [0, 0.1) is 0 Å². The lowest BCUT2D eigenvalue weighted by molar-refractivity contribution is 1.16. The number of halogens is 1. The van der Waals surface area contributed by atoms with E-state index in [4.69, 9.17) is 0 Å². The summed E-state index contributed by atoms with van der Waals surface area (Å²) < 4.78 is 1.04. The van der Waals surface area contributed by atoms with E-state index in [0.717, 1.165) is 16.5 Å². The standard InChI is InChI=1S/C6H7BBrN/c7-3-6-2-1-5(8)4-9-6/h1-2,4H,3,7H2. The molecule has 9 heavy (non-hydrogen) atoms. The molecule has 0 aromatic carbocycles. The Morgan fingerprint density at radius 2 is 2.33 bits per heavy atom. The maximum Gasteiger partial charge on any atom is 0.109 e. The lowest BCUT2D eigenvalue weighted by Gasteiger charge is -1.92. The Morgan fingerprint density at radius 3 is 2.78 bits per heavy atom. The van der Waals surface area contributed by atoms with Gasteiger partial charge in [-0.15, -0.1) is 0 Å². The molecule has 0 aliphatic rings. The van der Waals surface area contributed by atoms with Gasteiger partial charge >= 0.3 is 0 Å². The number of rotatable bonds is 1. The molecule has 1 aromatic heterocycles. The molecule has 0 saturated carbocycles. The van der Waals surface area contributed by atoms with Crippen molar-refractivity contribution in [3.63, 3.8) is 0 Å². The van der Waals surface area contributed by atoms with Gasteiger partial charge in [-0.2, -0.15) is 0 Å². The summed E-state index contributed by atoms with van der Waals surface area (Å²) >= 11 is 3.31. The lowest BCUT2D eigenvalue weighted by atomic mass is 10.0. The van der Waals surface area contributed by atoms with Crippen molar-refractivity contribution < 1.29 is 0 Å². The number of hydrogen-bond acceptors (Lipinski definition) is 1. The molecule has 0 spiro atoms. The number of hydrogen-bond donors (Lipinski definition) is 0. The minimum atomic E-state index is 1.01. The normalized spacial score (nSPS) is 9.44. The van der Waals surface area contributed by atoms with Crippen LogP contribution >= 0.6 is 15.9 Å². The fraction of sp³-hybridized carbons (Fsp3) is 0.167. The molecule has 0 saturated heterocycles. The van der Waals surface area contributed by atoms with Crippen molar-refractivity contribution in [2.24, 2.45) is 0 Å². The van der Waals surface area contributed by atoms with Gasteiger partial charge in [-0.25, -0.2) is 0 Å². The Hall–Kier alpha value is -0.305. The fourth-order valence-corrected chi connectivity index (χ4v) is 0.850. The van der Waals surface area contributed by atoms with Crippen molar-refractivity contribution in [1.29, 1.82) is 0 Å². The monoisotopic (exact) mass is 183 g/mol. The van der Waals surface area contributed by atoms with Crippen molar-refractivity contribution in [3.05, 3.63) is 28.5 Å². The van der Waals surface area contributed by atoms with E-state index in [-0.39, 0.29) is 0 Å². The molecule has 0 bridgehead atoms. The maximum atomic E-state index is 4.15. The second-order valence-corrected chi connectivity index (χ2v) is 2.74. The molecule has 1 rings (SSSR count). The van der Waals surface area contributed by atoms with Gasteiger partial charge in [0.05, 0.1) is 0 Å². The van der Waals surface area contributed by atoms with Crippen molar-refractivity contribution in [2.45, 2.75) is 6.32 Å². The van der Waals surface area contributed by atoms with Gasteiger partial charge in [0.15, 0.2) is 0 Å².